The van der Waals surface area contributed by atoms with Gasteiger partial charge in [0.25, 0.3) is 0 Å². The summed E-state index contributed by atoms with van der Waals surface area (Å²) in [5.41, 5.74) is 0.113. The van der Waals surface area contributed by atoms with E-state index in [0.717, 1.165) is 6.42 Å². The van der Waals surface area contributed by atoms with Gasteiger partial charge in [0.2, 0.25) is 5.78 Å². The van der Waals surface area contributed by atoms with E-state index in [9.17, 15) is 9.90 Å². The summed E-state index contributed by atoms with van der Waals surface area (Å²) >= 11 is 0. The molecule has 0 amide bonds. The number of hydrogen-bond donors (Lipinski definition) is 1. The number of aliphatic hydroxyl groups excluding tert-OH is 1. The van der Waals surface area contributed by atoms with E-state index in [1.54, 1.807) is 6.08 Å². The fraction of sp³-hybridized carbons (Fsp3) is 0.545. The smallest absolute Gasteiger partial charge is 0.203 e. The molecule has 13 heavy (non-hydrogen) atoms. The van der Waals surface area contributed by atoms with Crippen LogP contribution < -0.4 is 0 Å². The normalized spacial score (nSPS) is 23.2. The van der Waals surface area contributed by atoms with Crippen molar-refractivity contribution in [3.63, 3.8) is 0 Å². The largest absolute Gasteiger partial charge is 0.504 e. The van der Waals surface area contributed by atoms with Crippen molar-refractivity contribution in [1.29, 1.82) is 0 Å². The van der Waals surface area contributed by atoms with E-state index in [-0.39, 0.29) is 22.9 Å². The van der Waals surface area contributed by atoms with E-state index in [1.165, 1.54) is 6.08 Å². The summed E-state index contributed by atoms with van der Waals surface area (Å²) in [7, 11) is 0. The lowest BCUT2D eigenvalue weighted by molar-refractivity contribution is -0.121. The number of Topliss-reactive ketones (excluding diaryl/α,β-unsaturated/α-hetero) is 1. The highest BCUT2D eigenvalue weighted by Crippen LogP contribution is 2.28. The fourth-order valence-electron chi connectivity index (χ4n) is 1.46. The van der Waals surface area contributed by atoms with Crippen LogP contribution in [0.25, 0.3) is 0 Å². The first-order chi connectivity index (χ1) is 5.90. The quantitative estimate of drug-likeness (QED) is 0.673. The molecule has 0 aromatic rings. The van der Waals surface area contributed by atoms with Crippen molar-refractivity contribution >= 4 is 5.78 Å². The number of carbonyl (C=O) groups excluding carboxylic acids is 1. The van der Waals surface area contributed by atoms with Gasteiger partial charge >= 0.3 is 0 Å². The van der Waals surface area contributed by atoms with Gasteiger partial charge in [0, 0.05) is 5.92 Å². The summed E-state index contributed by atoms with van der Waals surface area (Å²) in [5.74, 6) is -0.417. The monoisotopic (exact) mass is 180 g/mol. The van der Waals surface area contributed by atoms with Gasteiger partial charge in [-0.2, -0.15) is 0 Å². The van der Waals surface area contributed by atoms with Crippen LogP contribution in [0.4, 0.5) is 0 Å². The Kier molecular flexibility index (Phi) is 2.60. The maximum atomic E-state index is 11.4. The van der Waals surface area contributed by atoms with Gasteiger partial charge < -0.3 is 5.11 Å². The summed E-state index contributed by atoms with van der Waals surface area (Å²) in [6, 6.07) is 0. The molecule has 0 radical (unpaired) electrons. The molecule has 2 heteroatoms. The third-order valence-corrected chi connectivity index (χ3v) is 2.02. The minimum atomic E-state index is -0.155. The van der Waals surface area contributed by atoms with Gasteiger partial charge in [0.15, 0.2) is 5.76 Å². The maximum Gasteiger partial charge on any atom is 0.203 e. The predicted molar refractivity (Wildman–Crippen MR) is 52.4 cm³/mol. The van der Waals surface area contributed by atoms with Crippen LogP contribution in [0.2, 0.25) is 0 Å². The van der Waals surface area contributed by atoms with Gasteiger partial charge in [0.05, 0.1) is 0 Å². The lowest BCUT2D eigenvalue weighted by Gasteiger charge is -2.23. The van der Waals surface area contributed by atoms with E-state index >= 15 is 0 Å². The second-order valence-electron chi connectivity index (χ2n) is 4.67. The lowest BCUT2D eigenvalue weighted by atomic mass is 9.81. The molecule has 0 fully saturated rings. The summed E-state index contributed by atoms with van der Waals surface area (Å²) in [5, 5.41) is 9.21. The number of carbonyl (C=O) groups is 1. The highest BCUT2D eigenvalue weighted by Gasteiger charge is 2.26. The molecule has 0 saturated heterocycles. The molecule has 1 rings (SSSR count). The molecule has 0 aromatic carbocycles. The first kappa shape index (κ1) is 10.0. The molecule has 2 nitrogen and oxygen atoms in total. The van der Waals surface area contributed by atoms with Crippen molar-refractivity contribution < 1.29 is 9.90 Å². The van der Waals surface area contributed by atoms with Crippen LogP contribution in [0.15, 0.2) is 24.0 Å². The molecule has 1 N–H and O–H groups in total. The Morgan fingerprint density at radius 3 is 2.62 bits per heavy atom. The molecule has 1 aliphatic rings. The van der Waals surface area contributed by atoms with E-state index in [1.807, 2.05) is 6.08 Å². The number of rotatable bonds is 1. The van der Waals surface area contributed by atoms with Gasteiger partial charge in [-0.25, -0.2) is 0 Å². The van der Waals surface area contributed by atoms with Crippen LogP contribution in [0, 0.1) is 11.3 Å². The third kappa shape index (κ3) is 2.72. The Bertz CT molecular complexity index is 266. The fourth-order valence-corrected chi connectivity index (χ4v) is 1.46. The van der Waals surface area contributed by atoms with E-state index in [4.69, 9.17) is 0 Å². The van der Waals surface area contributed by atoms with Crippen LogP contribution in [0.1, 0.15) is 27.2 Å². The van der Waals surface area contributed by atoms with Gasteiger partial charge in [0.1, 0.15) is 0 Å². The van der Waals surface area contributed by atoms with Gasteiger partial charge in [-0.3, -0.25) is 4.79 Å². The zero-order valence-electron chi connectivity index (χ0n) is 8.37. The van der Waals surface area contributed by atoms with E-state index < -0.39 is 0 Å². The van der Waals surface area contributed by atoms with Gasteiger partial charge in [-0.05, 0) is 17.9 Å². The number of ketones is 1. The summed E-state index contributed by atoms with van der Waals surface area (Å²) < 4.78 is 0. The van der Waals surface area contributed by atoms with Crippen LogP contribution in [-0.2, 0) is 4.79 Å². The number of hydrogen-bond acceptors (Lipinski definition) is 2. The third-order valence-electron chi connectivity index (χ3n) is 2.02. The molecule has 1 aliphatic carbocycles. The molecule has 0 aromatic heterocycles. The molecule has 1 atom stereocenters. The van der Waals surface area contributed by atoms with Crippen LogP contribution in [0.5, 0.6) is 0 Å². The van der Waals surface area contributed by atoms with Crippen LogP contribution in [0.3, 0.4) is 0 Å². The van der Waals surface area contributed by atoms with Crippen molar-refractivity contribution in [2.75, 3.05) is 0 Å². The minimum absolute atomic E-state index is 0.113. The van der Waals surface area contributed by atoms with Gasteiger partial charge in [-0.15, -0.1) is 0 Å². The van der Waals surface area contributed by atoms with Crippen molar-refractivity contribution in [3.8, 4) is 0 Å². The maximum absolute atomic E-state index is 11.4. The predicted octanol–water partition coefficient (Wildman–Crippen LogP) is 2.62. The van der Waals surface area contributed by atoms with Crippen molar-refractivity contribution in [2.24, 2.45) is 11.3 Å². The van der Waals surface area contributed by atoms with E-state index in [0.29, 0.717) is 0 Å². The highest BCUT2D eigenvalue weighted by atomic mass is 16.3. The first-order valence-electron chi connectivity index (χ1n) is 4.52. The Balaban J connectivity index is 2.69. The Morgan fingerprint density at radius 1 is 1.46 bits per heavy atom. The summed E-state index contributed by atoms with van der Waals surface area (Å²) in [6.45, 7) is 6.26. The minimum Gasteiger partial charge on any atom is -0.504 e. The number of allylic oxidation sites excluding steroid dienone is 4. The summed E-state index contributed by atoms with van der Waals surface area (Å²) in [4.78, 5) is 11.4. The molecule has 0 spiro atoms. The second kappa shape index (κ2) is 3.36. The zero-order valence-corrected chi connectivity index (χ0v) is 8.37. The first-order valence-corrected chi connectivity index (χ1v) is 4.52. The molecule has 0 heterocycles. The zero-order chi connectivity index (χ0) is 10.1. The molecule has 1 unspecified atom stereocenters. The average Bonchev–Trinajstić information content (AvgIpc) is 1.96. The Hall–Kier alpha value is -1.05. The SMILES string of the molecule is CC(C)(C)CC1C=CC=C(O)C1=O. The topological polar surface area (TPSA) is 37.3 Å². The standard InChI is InChI=1S/C11H16O2/c1-11(2,3)7-8-5-4-6-9(12)10(8)13/h4-6,8,12H,7H2,1-3H3. The van der Waals surface area contributed by atoms with E-state index in [2.05, 4.69) is 20.8 Å². The molecule has 72 valence electrons. The van der Waals surface area contributed by atoms with Crippen LogP contribution in [-0.4, -0.2) is 10.9 Å². The molecule has 0 aliphatic heterocycles. The van der Waals surface area contributed by atoms with Crippen molar-refractivity contribution in [3.05, 3.63) is 24.0 Å². The van der Waals surface area contributed by atoms with Gasteiger partial charge in [-0.1, -0.05) is 32.9 Å². The lowest BCUT2D eigenvalue weighted by Crippen LogP contribution is -2.22. The molecule has 0 saturated carbocycles. The highest BCUT2D eigenvalue weighted by molar-refractivity contribution is 5.97. The molecular weight excluding hydrogens is 164 g/mol. The Morgan fingerprint density at radius 2 is 2.08 bits per heavy atom. The summed E-state index contributed by atoms with van der Waals surface area (Å²) in [6.07, 6.45) is 5.82. The average molecular weight is 180 g/mol. The molecule has 0 bridgehead atoms. The molecular formula is C11H16O2. The van der Waals surface area contributed by atoms with Crippen molar-refractivity contribution in [1.82, 2.24) is 0 Å². The second-order valence-corrected chi connectivity index (χ2v) is 4.67. The Labute approximate surface area is 79.0 Å². The number of aliphatic hydroxyl groups is 1. The van der Waals surface area contributed by atoms with Crippen LogP contribution >= 0.6 is 0 Å². The van der Waals surface area contributed by atoms with Crippen molar-refractivity contribution in [2.45, 2.75) is 27.2 Å².